The minimum Gasteiger partial charge on any atom is -0.361 e. The van der Waals surface area contributed by atoms with Gasteiger partial charge in [0.25, 0.3) is 5.56 Å². The number of benzene rings is 1. The normalized spacial score (nSPS) is 14.3. The first-order chi connectivity index (χ1) is 13.7. The molecule has 4 aromatic rings. The van der Waals surface area contributed by atoms with Crippen LogP contribution in [-0.2, 0) is 19.5 Å². The first-order valence-corrected chi connectivity index (χ1v) is 9.97. The smallest absolute Gasteiger partial charge is 0.255 e. The van der Waals surface area contributed by atoms with E-state index in [9.17, 15) is 4.79 Å². The van der Waals surface area contributed by atoms with Gasteiger partial charge in [-0.05, 0) is 29.8 Å². The lowest BCUT2D eigenvalue weighted by Crippen LogP contribution is -2.35. The summed E-state index contributed by atoms with van der Waals surface area (Å²) < 4.78 is 1.08. The molecule has 0 spiro atoms. The van der Waals surface area contributed by atoms with Crippen molar-refractivity contribution < 1.29 is 0 Å². The van der Waals surface area contributed by atoms with Gasteiger partial charge in [-0.25, -0.2) is 4.98 Å². The molecule has 0 atom stereocenters. The van der Waals surface area contributed by atoms with E-state index in [1.54, 1.807) is 12.4 Å². The number of pyridine rings is 1. The lowest BCUT2D eigenvalue weighted by atomic mass is 10.1. The van der Waals surface area contributed by atoms with E-state index in [0.717, 1.165) is 46.3 Å². The van der Waals surface area contributed by atoms with Gasteiger partial charge in [-0.2, -0.15) is 0 Å². The van der Waals surface area contributed by atoms with Crippen molar-refractivity contribution in [2.45, 2.75) is 19.5 Å². The van der Waals surface area contributed by atoms with E-state index < -0.39 is 0 Å². The zero-order valence-electron chi connectivity index (χ0n) is 15.1. The summed E-state index contributed by atoms with van der Waals surface area (Å²) in [5.41, 5.74) is 4.82. The van der Waals surface area contributed by atoms with Gasteiger partial charge in [0.1, 0.15) is 5.82 Å². The highest BCUT2D eigenvalue weighted by Crippen LogP contribution is 2.29. The van der Waals surface area contributed by atoms with Crippen molar-refractivity contribution in [2.24, 2.45) is 0 Å². The molecule has 1 aliphatic rings. The van der Waals surface area contributed by atoms with Gasteiger partial charge in [0.2, 0.25) is 0 Å². The molecule has 3 aromatic heterocycles. The van der Waals surface area contributed by atoms with Crippen LogP contribution in [0.25, 0.3) is 22.3 Å². The van der Waals surface area contributed by atoms with E-state index in [4.69, 9.17) is 4.98 Å². The summed E-state index contributed by atoms with van der Waals surface area (Å²) >= 11 is 3.65. The zero-order chi connectivity index (χ0) is 19.1. The van der Waals surface area contributed by atoms with E-state index in [2.05, 4.69) is 54.1 Å². The Kier molecular flexibility index (Phi) is 4.33. The summed E-state index contributed by atoms with van der Waals surface area (Å²) in [6.45, 7) is 2.26. The van der Waals surface area contributed by atoms with E-state index in [1.165, 1.54) is 10.9 Å². The number of nitrogens with zero attached hydrogens (tertiary/aromatic N) is 3. The monoisotopic (exact) mass is 435 g/mol. The molecule has 0 unspecified atom stereocenters. The Bertz CT molecular complexity index is 1210. The lowest BCUT2D eigenvalue weighted by Gasteiger charge is -2.27. The molecule has 2 N–H and O–H groups in total. The number of halogens is 1. The Morgan fingerprint density at radius 2 is 2.04 bits per heavy atom. The van der Waals surface area contributed by atoms with Crippen LogP contribution in [0.5, 0.6) is 0 Å². The maximum Gasteiger partial charge on any atom is 0.255 e. The molecule has 1 aromatic carbocycles. The predicted octanol–water partition coefficient (Wildman–Crippen LogP) is 3.63. The number of rotatable bonds is 3. The number of aromatic amines is 2. The summed E-state index contributed by atoms with van der Waals surface area (Å²) in [6.07, 6.45) is 6.23. The third kappa shape index (κ3) is 3.06. The van der Waals surface area contributed by atoms with E-state index in [0.29, 0.717) is 12.4 Å². The molecule has 0 fully saturated rings. The SMILES string of the molecule is O=c1[nH]c(-c2ccncc2)nc2c1CN(Cc1c[nH]c3cccc(Br)c13)CC2. The molecular weight excluding hydrogens is 418 g/mol. The van der Waals surface area contributed by atoms with E-state index in [-0.39, 0.29) is 5.56 Å². The molecule has 0 saturated heterocycles. The fourth-order valence-electron chi connectivity index (χ4n) is 3.84. The van der Waals surface area contributed by atoms with Crippen molar-refractivity contribution in [3.63, 3.8) is 0 Å². The fourth-order valence-corrected chi connectivity index (χ4v) is 4.46. The highest BCUT2D eigenvalue weighted by Gasteiger charge is 2.22. The molecule has 0 saturated carbocycles. The first-order valence-electron chi connectivity index (χ1n) is 9.18. The van der Waals surface area contributed by atoms with Crippen LogP contribution in [-0.4, -0.2) is 31.4 Å². The third-order valence-electron chi connectivity index (χ3n) is 5.23. The molecule has 0 aliphatic carbocycles. The summed E-state index contributed by atoms with van der Waals surface area (Å²) in [5, 5.41) is 1.20. The van der Waals surface area contributed by atoms with Crippen molar-refractivity contribution in [3.8, 4) is 11.4 Å². The fraction of sp³-hybridized carbons (Fsp3) is 0.190. The summed E-state index contributed by atoms with van der Waals surface area (Å²) in [4.78, 5) is 30.0. The molecule has 0 radical (unpaired) electrons. The highest BCUT2D eigenvalue weighted by molar-refractivity contribution is 9.10. The number of hydrogen-bond acceptors (Lipinski definition) is 4. The molecule has 0 bridgehead atoms. The maximum absolute atomic E-state index is 12.7. The average Bonchev–Trinajstić information content (AvgIpc) is 3.13. The largest absolute Gasteiger partial charge is 0.361 e. The van der Waals surface area contributed by atoms with Crippen LogP contribution < -0.4 is 5.56 Å². The molecule has 1 aliphatic heterocycles. The van der Waals surface area contributed by atoms with Crippen LogP contribution in [0.1, 0.15) is 16.8 Å². The van der Waals surface area contributed by atoms with E-state index >= 15 is 0 Å². The Labute approximate surface area is 169 Å². The molecule has 5 rings (SSSR count). The second-order valence-electron chi connectivity index (χ2n) is 7.01. The van der Waals surface area contributed by atoms with Crippen molar-refractivity contribution >= 4 is 26.8 Å². The quantitative estimate of drug-likeness (QED) is 0.514. The van der Waals surface area contributed by atoms with Crippen LogP contribution in [0.3, 0.4) is 0 Å². The summed E-state index contributed by atoms with van der Waals surface area (Å²) in [7, 11) is 0. The minimum absolute atomic E-state index is 0.0541. The number of H-pyrrole nitrogens is 2. The first kappa shape index (κ1) is 17.3. The van der Waals surface area contributed by atoms with Crippen molar-refractivity contribution in [1.29, 1.82) is 0 Å². The molecule has 140 valence electrons. The maximum atomic E-state index is 12.7. The van der Waals surface area contributed by atoms with Crippen LogP contribution >= 0.6 is 15.9 Å². The van der Waals surface area contributed by atoms with Crippen LogP contribution in [0.15, 0.2) is 58.2 Å². The Morgan fingerprint density at radius 3 is 2.89 bits per heavy atom. The number of nitrogens with one attached hydrogen (secondary N) is 2. The van der Waals surface area contributed by atoms with Gasteiger partial charge in [0, 0.05) is 65.6 Å². The van der Waals surface area contributed by atoms with Gasteiger partial charge < -0.3 is 9.97 Å². The number of fused-ring (bicyclic) bond motifs is 2. The summed E-state index contributed by atoms with van der Waals surface area (Å²) in [6, 6.07) is 9.86. The Morgan fingerprint density at radius 1 is 1.18 bits per heavy atom. The number of hydrogen-bond donors (Lipinski definition) is 2. The molecule has 4 heterocycles. The highest BCUT2D eigenvalue weighted by atomic mass is 79.9. The Hall–Kier alpha value is -2.77. The molecule has 6 nitrogen and oxygen atoms in total. The number of aromatic nitrogens is 4. The van der Waals surface area contributed by atoms with Gasteiger partial charge in [-0.15, -0.1) is 0 Å². The Balaban J connectivity index is 1.43. The van der Waals surface area contributed by atoms with Gasteiger partial charge in [-0.3, -0.25) is 14.7 Å². The van der Waals surface area contributed by atoms with Crippen molar-refractivity contribution in [1.82, 2.24) is 24.8 Å². The van der Waals surface area contributed by atoms with Crippen LogP contribution in [0, 0.1) is 0 Å². The average molecular weight is 436 g/mol. The summed E-state index contributed by atoms with van der Waals surface area (Å²) in [5.74, 6) is 0.611. The van der Waals surface area contributed by atoms with Gasteiger partial charge in [0.15, 0.2) is 0 Å². The second kappa shape index (κ2) is 7.00. The van der Waals surface area contributed by atoms with Gasteiger partial charge in [-0.1, -0.05) is 22.0 Å². The molecular formula is C21H18BrN5O. The van der Waals surface area contributed by atoms with Gasteiger partial charge >= 0.3 is 0 Å². The topological polar surface area (TPSA) is 77.7 Å². The molecule has 28 heavy (non-hydrogen) atoms. The van der Waals surface area contributed by atoms with Crippen molar-refractivity contribution in [2.75, 3.05) is 6.54 Å². The van der Waals surface area contributed by atoms with Crippen LogP contribution in [0.2, 0.25) is 0 Å². The van der Waals surface area contributed by atoms with E-state index in [1.807, 2.05) is 18.2 Å². The third-order valence-corrected chi connectivity index (χ3v) is 5.89. The van der Waals surface area contributed by atoms with Crippen molar-refractivity contribution in [3.05, 3.63) is 80.6 Å². The predicted molar refractivity (Wildman–Crippen MR) is 112 cm³/mol. The minimum atomic E-state index is -0.0541. The second-order valence-corrected chi connectivity index (χ2v) is 7.87. The molecule has 7 heteroatoms. The lowest BCUT2D eigenvalue weighted by molar-refractivity contribution is 0.242. The standard InChI is InChI=1S/C21H18BrN5O/c22-16-2-1-3-18-19(16)14(10-24-18)11-27-9-6-17-15(12-27)21(28)26-20(25-17)13-4-7-23-8-5-13/h1-5,7-8,10,24H,6,9,11-12H2,(H,25,26,28). The van der Waals surface area contributed by atoms with Gasteiger partial charge in [0.05, 0.1) is 11.3 Å². The van der Waals surface area contributed by atoms with Crippen LogP contribution in [0.4, 0.5) is 0 Å². The molecule has 0 amide bonds. The zero-order valence-corrected chi connectivity index (χ0v) is 16.7.